The molecule has 5 rings (SSSR count). The number of unbranched alkanes of at least 4 members (excludes halogenated alkanes) is 26. The summed E-state index contributed by atoms with van der Waals surface area (Å²) in [6.07, 6.45) is 50.8. The van der Waals surface area contributed by atoms with Crippen molar-refractivity contribution in [1.82, 2.24) is 15.0 Å². The summed E-state index contributed by atoms with van der Waals surface area (Å²) in [6.45, 7) is 5.48. The Kier molecular flexibility index (Phi) is 25.8. The molecule has 4 heterocycles. The normalized spacial score (nSPS) is 11.5. The van der Waals surface area contributed by atoms with Crippen molar-refractivity contribution < 1.29 is 4.57 Å². The predicted molar refractivity (Wildman–Crippen MR) is 274 cm³/mol. The van der Waals surface area contributed by atoms with Crippen molar-refractivity contribution in [3.05, 3.63) is 121 Å². The summed E-state index contributed by atoms with van der Waals surface area (Å²) in [4.78, 5) is 14.2. The first kappa shape index (κ1) is 50.8. The summed E-state index contributed by atoms with van der Waals surface area (Å²) < 4.78 is 2.35. The highest BCUT2D eigenvalue weighted by Crippen LogP contribution is 2.31. The summed E-state index contributed by atoms with van der Waals surface area (Å²) in [5, 5.41) is 0. The van der Waals surface area contributed by atoms with E-state index in [0.29, 0.717) is 5.92 Å². The minimum atomic E-state index is 0.677. The fourth-order valence-corrected chi connectivity index (χ4v) is 9.50. The zero-order valence-electron chi connectivity index (χ0n) is 40.7. The number of aromatic nitrogens is 4. The molecular weight excluding hydrogens is 777 g/mol. The van der Waals surface area contributed by atoms with Crippen LogP contribution in [0.2, 0.25) is 0 Å². The molecule has 346 valence electrons. The molecule has 0 N–H and O–H groups in total. The Labute approximate surface area is 391 Å². The Morgan fingerprint density at radius 3 is 1.16 bits per heavy atom. The molecule has 4 heteroatoms. The van der Waals surface area contributed by atoms with Gasteiger partial charge >= 0.3 is 0 Å². The molecule has 4 nitrogen and oxygen atoms in total. The molecule has 4 aromatic heterocycles. The molecule has 0 atom stereocenters. The van der Waals surface area contributed by atoms with E-state index in [-0.39, 0.29) is 0 Å². The lowest BCUT2D eigenvalue weighted by Crippen LogP contribution is -2.33. The minimum absolute atomic E-state index is 0.677. The van der Waals surface area contributed by atoms with Crippen LogP contribution in [0.25, 0.3) is 33.9 Å². The third-order valence-corrected chi connectivity index (χ3v) is 13.5. The molecule has 0 aliphatic carbocycles. The maximum absolute atomic E-state index is 4.96. The standard InChI is InChI=1S/C60H87N4/c1-3-5-7-9-11-13-15-17-19-21-23-25-27-29-35-53(36-30-28-26-24-22-20-18-16-14-12-10-8-6-4-2)55-43-47-64(48-44-55)51-52-39-41-54(42-40-52)56-49-59(57-37-31-33-45-61-57)63-60(50-56)58-38-32-34-46-62-58/h31-34,37-50,53H,3-30,35-36,51H2,1-2H3/q+1. The summed E-state index contributed by atoms with van der Waals surface area (Å²) in [6, 6.07) is 30.1. The number of pyridine rings is 4. The largest absolute Gasteiger partial charge is 0.255 e. The van der Waals surface area contributed by atoms with Crippen molar-refractivity contribution in [2.45, 2.75) is 219 Å². The van der Waals surface area contributed by atoms with Crippen LogP contribution < -0.4 is 4.57 Å². The SMILES string of the molecule is CCCCCCCCCCCCCCCCC(CCCCCCCCCCCCCCCC)c1cc[n+](Cc2ccc(-c3cc(-c4ccccn4)nc(-c4ccccn4)c3)cc2)cc1. The molecule has 0 aliphatic heterocycles. The molecule has 0 spiro atoms. The second kappa shape index (κ2) is 32.5. The minimum Gasteiger partial charge on any atom is -0.255 e. The van der Waals surface area contributed by atoms with Gasteiger partial charge in [0.25, 0.3) is 0 Å². The van der Waals surface area contributed by atoms with Crippen LogP contribution in [0.5, 0.6) is 0 Å². The van der Waals surface area contributed by atoms with Gasteiger partial charge in [0.05, 0.1) is 22.8 Å². The molecule has 0 saturated carbocycles. The molecule has 0 bridgehead atoms. The van der Waals surface area contributed by atoms with E-state index in [0.717, 1.165) is 40.4 Å². The van der Waals surface area contributed by atoms with Crippen molar-refractivity contribution >= 4 is 0 Å². The molecule has 64 heavy (non-hydrogen) atoms. The number of nitrogens with zero attached hydrogens (tertiary/aromatic N) is 4. The molecule has 0 unspecified atom stereocenters. The summed E-state index contributed by atoms with van der Waals surface area (Å²) in [7, 11) is 0. The molecule has 0 aliphatic rings. The highest BCUT2D eigenvalue weighted by Gasteiger charge is 2.15. The number of hydrogen-bond acceptors (Lipinski definition) is 3. The molecule has 0 radical (unpaired) electrons. The molecule has 0 saturated heterocycles. The van der Waals surface area contributed by atoms with E-state index in [1.807, 2.05) is 48.8 Å². The topological polar surface area (TPSA) is 42.5 Å². The highest BCUT2D eigenvalue weighted by atomic mass is 14.9. The van der Waals surface area contributed by atoms with Crippen LogP contribution >= 0.6 is 0 Å². The highest BCUT2D eigenvalue weighted by molar-refractivity contribution is 5.74. The maximum atomic E-state index is 4.96. The second-order valence-corrected chi connectivity index (χ2v) is 19.0. The van der Waals surface area contributed by atoms with Crippen LogP contribution in [-0.2, 0) is 6.54 Å². The quantitative estimate of drug-likeness (QED) is 0.0298. The smallest absolute Gasteiger partial charge is 0.173 e. The van der Waals surface area contributed by atoms with Gasteiger partial charge in [-0.3, -0.25) is 9.97 Å². The van der Waals surface area contributed by atoms with Crippen LogP contribution in [0.15, 0.2) is 110 Å². The maximum Gasteiger partial charge on any atom is 0.173 e. The van der Waals surface area contributed by atoms with Crippen LogP contribution in [0, 0.1) is 0 Å². The van der Waals surface area contributed by atoms with Crippen LogP contribution in [0.1, 0.15) is 224 Å². The average molecular weight is 864 g/mol. The lowest BCUT2D eigenvalue weighted by molar-refractivity contribution is -0.688. The van der Waals surface area contributed by atoms with Crippen molar-refractivity contribution in [3.63, 3.8) is 0 Å². The molecule has 5 aromatic rings. The van der Waals surface area contributed by atoms with Gasteiger partial charge in [-0.05, 0) is 71.8 Å². The predicted octanol–water partition coefficient (Wildman–Crippen LogP) is 18.0. The zero-order valence-corrected chi connectivity index (χ0v) is 40.7. The fraction of sp³-hybridized carbons (Fsp3) is 0.567. The van der Waals surface area contributed by atoms with Crippen LogP contribution in [0.3, 0.4) is 0 Å². The second-order valence-electron chi connectivity index (χ2n) is 19.0. The monoisotopic (exact) mass is 864 g/mol. The Bertz CT molecular complexity index is 1780. The first-order valence-electron chi connectivity index (χ1n) is 26.7. The molecule has 0 fully saturated rings. The lowest BCUT2D eigenvalue weighted by atomic mass is 9.88. The van der Waals surface area contributed by atoms with Gasteiger partial charge in [-0.2, -0.15) is 0 Å². The van der Waals surface area contributed by atoms with Crippen molar-refractivity contribution in [1.29, 1.82) is 0 Å². The van der Waals surface area contributed by atoms with Gasteiger partial charge in [0.1, 0.15) is 0 Å². The summed E-state index contributed by atoms with van der Waals surface area (Å²) in [5.41, 5.74) is 8.54. The van der Waals surface area contributed by atoms with Gasteiger partial charge < -0.3 is 0 Å². The van der Waals surface area contributed by atoms with E-state index in [2.05, 4.69) is 89.3 Å². The van der Waals surface area contributed by atoms with E-state index in [1.165, 1.54) is 198 Å². The van der Waals surface area contributed by atoms with Crippen LogP contribution in [0.4, 0.5) is 0 Å². The van der Waals surface area contributed by atoms with E-state index in [4.69, 9.17) is 4.98 Å². The molecule has 1 aromatic carbocycles. The van der Waals surface area contributed by atoms with Crippen molar-refractivity contribution in [2.24, 2.45) is 0 Å². The van der Waals surface area contributed by atoms with Crippen molar-refractivity contribution in [3.8, 4) is 33.9 Å². The van der Waals surface area contributed by atoms with E-state index in [1.54, 1.807) is 5.56 Å². The Morgan fingerprint density at radius 1 is 0.391 bits per heavy atom. The van der Waals surface area contributed by atoms with Gasteiger partial charge in [0.15, 0.2) is 18.9 Å². The Morgan fingerprint density at radius 2 is 0.781 bits per heavy atom. The molecular formula is C60H87N4+. The van der Waals surface area contributed by atoms with Gasteiger partial charge in [0, 0.05) is 30.1 Å². The zero-order chi connectivity index (χ0) is 44.5. The van der Waals surface area contributed by atoms with E-state index >= 15 is 0 Å². The van der Waals surface area contributed by atoms with Gasteiger partial charge in [-0.15, -0.1) is 0 Å². The third-order valence-electron chi connectivity index (χ3n) is 13.5. The van der Waals surface area contributed by atoms with Gasteiger partial charge in [-0.1, -0.05) is 230 Å². The fourth-order valence-electron chi connectivity index (χ4n) is 9.50. The summed E-state index contributed by atoms with van der Waals surface area (Å²) in [5.74, 6) is 0.677. The van der Waals surface area contributed by atoms with Gasteiger partial charge in [0.2, 0.25) is 0 Å². The van der Waals surface area contributed by atoms with Gasteiger partial charge in [-0.25, -0.2) is 9.55 Å². The van der Waals surface area contributed by atoms with E-state index < -0.39 is 0 Å². The molecule has 0 amide bonds. The first-order valence-corrected chi connectivity index (χ1v) is 26.7. The van der Waals surface area contributed by atoms with E-state index in [9.17, 15) is 0 Å². The Hall–Kier alpha value is -4.18. The number of rotatable bonds is 36. The average Bonchev–Trinajstić information content (AvgIpc) is 3.34. The summed E-state index contributed by atoms with van der Waals surface area (Å²) >= 11 is 0. The first-order chi connectivity index (χ1) is 31.7. The number of benzene rings is 1. The lowest BCUT2D eigenvalue weighted by Gasteiger charge is -2.17. The number of hydrogen-bond donors (Lipinski definition) is 0. The van der Waals surface area contributed by atoms with Crippen LogP contribution in [-0.4, -0.2) is 15.0 Å². The third kappa shape index (κ3) is 20.3. The van der Waals surface area contributed by atoms with Crippen molar-refractivity contribution in [2.75, 3.05) is 0 Å². The Balaban J connectivity index is 1.09.